The number of carbonyl (C=O) groups excluding carboxylic acids is 1. The van der Waals surface area contributed by atoms with Crippen molar-refractivity contribution in [2.24, 2.45) is 0 Å². The Kier molecular flexibility index (Phi) is 7.05. The molecule has 0 spiro atoms. The molecule has 0 bridgehead atoms. The summed E-state index contributed by atoms with van der Waals surface area (Å²) in [7, 11) is 0. The summed E-state index contributed by atoms with van der Waals surface area (Å²) in [6.07, 6.45) is 0. The summed E-state index contributed by atoms with van der Waals surface area (Å²) in [5, 5.41) is 3.23. The van der Waals surface area contributed by atoms with Crippen molar-refractivity contribution in [1.82, 2.24) is 19.8 Å². The summed E-state index contributed by atoms with van der Waals surface area (Å²) in [4.78, 5) is 26.5. The van der Waals surface area contributed by atoms with Crippen LogP contribution < -0.4 is 5.32 Å². The Hall–Kier alpha value is -4.03. The second-order valence-corrected chi connectivity index (χ2v) is 9.23. The van der Waals surface area contributed by atoms with Gasteiger partial charge in [0.1, 0.15) is 0 Å². The second-order valence-electron chi connectivity index (χ2n) is 9.23. The minimum Gasteiger partial charge on any atom is -0.336 e. The van der Waals surface area contributed by atoms with Gasteiger partial charge in [-0.05, 0) is 55.3 Å². The number of benzene rings is 3. The number of rotatable bonds is 6. The van der Waals surface area contributed by atoms with E-state index in [4.69, 9.17) is 0 Å². The second kappa shape index (κ2) is 10.7. The van der Waals surface area contributed by atoms with E-state index in [9.17, 15) is 4.79 Å². The first kappa shape index (κ1) is 23.7. The maximum absolute atomic E-state index is 13.2. The average molecular weight is 478 g/mol. The van der Waals surface area contributed by atoms with Gasteiger partial charge in [0.05, 0.1) is 6.04 Å². The van der Waals surface area contributed by atoms with E-state index in [0.29, 0.717) is 24.6 Å². The van der Waals surface area contributed by atoms with Crippen molar-refractivity contribution in [2.45, 2.75) is 19.9 Å². The SMILES string of the molecule is Cc1cc(C)nc(Nc2ccc(C(=O)N3CCN(C(c4ccccc4)c4ccccc4)CC3)cc2)n1. The Labute approximate surface area is 212 Å². The van der Waals surface area contributed by atoms with E-state index in [0.717, 1.165) is 30.2 Å². The van der Waals surface area contributed by atoms with Crippen LogP contribution in [0.2, 0.25) is 0 Å². The van der Waals surface area contributed by atoms with E-state index in [1.165, 1.54) is 11.1 Å². The summed E-state index contributed by atoms with van der Waals surface area (Å²) in [6, 6.07) is 30.9. The molecule has 3 aromatic carbocycles. The summed E-state index contributed by atoms with van der Waals surface area (Å²) >= 11 is 0. The molecule has 0 saturated carbocycles. The van der Waals surface area contributed by atoms with Crippen LogP contribution in [0.15, 0.2) is 91.0 Å². The number of anilines is 2. The van der Waals surface area contributed by atoms with Crippen molar-refractivity contribution in [3.8, 4) is 0 Å². The van der Waals surface area contributed by atoms with Crippen molar-refractivity contribution >= 4 is 17.5 Å². The first-order chi connectivity index (χ1) is 17.6. The average Bonchev–Trinajstić information content (AvgIpc) is 2.90. The molecule has 1 N–H and O–H groups in total. The van der Waals surface area contributed by atoms with Crippen LogP contribution >= 0.6 is 0 Å². The van der Waals surface area contributed by atoms with E-state index in [1.54, 1.807) is 0 Å². The lowest BCUT2D eigenvalue weighted by Gasteiger charge is -2.39. The largest absolute Gasteiger partial charge is 0.336 e. The van der Waals surface area contributed by atoms with Crippen molar-refractivity contribution in [2.75, 3.05) is 31.5 Å². The van der Waals surface area contributed by atoms with E-state index >= 15 is 0 Å². The molecule has 1 aromatic heterocycles. The topological polar surface area (TPSA) is 61.4 Å². The molecule has 2 heterocycles. The first-order valence-electron chi connectivity index (χ1n) is 12.4. The molecule has 5 rings (SSSR count). The minimum absolute atomic E-state index is 0.0693. The zero-order valence-electron chi connectivity index (χ0n) is 20.8. The molecule has 6 heteroatoms. The van der Waals surface area contributed by atoms with Crippen molar-refractivity contribution < 1.29 is 4.79 Å². The smallest absolute Gasteiger partial charge is 0.253 e. The quantitative estimate of drug-likeness (QED) is 0.404. The number of nitrogens with one attached hydrogen (secondary N) is 1. The highest BCUT2D eigenvalue weighted by Crippen LogP contribution is 2.29. The van der Waals surface area contributed by atoms with E-state index in [2.05, 4.69) is 80.8 Å². The van der Waals surface area contributed by atoms with Gasteiger partial charge in [-0.2, -0.15) is 0 Å². The maximum Gasteiger partial charge on any atom is 0.253 e. The van der Waals surface area contributed by atoms with Crippen LogP contribution in [0.5, 0.6) is 0 Å². The summed E-state index contributed by atoms with van der Waals surface area (Å²) < 4.78 is 0. The van der Waals surface area contributed by atoms with E-state index < -0.39 is 0 Å². The fraction of sp³-hybridized carbons (Fsp3) is 0.233. The van der Waals surface area contributed by atoms with Crippen LogP contribution in [0.1, 0.15) is 38.9 Å². The highest BCUT2D eigenvalue weighted by atomic mass is 16.2. The molecule has 1 aliphatic rings. The van der Waals surface area contributed by atoms with Gasteiger partial charge in [-0.15, -0.1) is 0 Å². The molecule has 4 aromatic rings. The third-order valence-electron chi connectivity index (χ3n) is 6.57. The van der Waals surface area contributed by atoms with Gasteiger partial charge in [-0.25, -0.2) is 9.97 Å². The lowest BCUT2D eigenvalue weighted by atomic mass is 9.96. The Morgan fingerprint density at radius 2 is 1.28 bits per heavy atom. The van der Waals surface area contributed by atoms with Crippen LogP contribution in [0.4, 0.5) is 11.6 Å². The third kappa shape index (κ3) is 5.44. The molecule has 0 radical (unpaired) electrons. The monoisotopic (exact) mass is 477 g/mol. The Balaban J connectivity index is 1.24. The number of hydrogen-bond donors (Lipinski definition) is 1. The Morgan fingerprint density at radius 3 is 1.81 bits per heavy atom. The first-order valence-corrected chi connectivity index (χ1v) is 12.4. The molecule has 182 valence electrons. The van der Waals surface area contributed by atoms with Gasteiger partial charge in [0, 0.05) is 48.8 Å². The molecule has 6 nitrogen and oxygen atoms in total. The Morgan fingerprint density at radius 1 is 0.750 bits per heavy atom. The van der Waals surface area contributed by atoms with Crippen LogP contribution in [0, 0.1) is 13.8 Å². The maximum atomic E-state index is 13.2. The van der Waals surface area contributed by atoms with Crippen LogP contribution in [0.3, 0.4) is 0 Å². The summed E-state index contributed by atoms with van der Waals surface area (Å²) in [6.45, 7) is 6.94. The lowest BCUT2D eigenvalue weighted by molar-refractivity contribution is 0.0597. The van der Waals surface area contributed by atoms with E-state index in [1.807, 2.05) is 49.1 Å². The fourth-order valence-corrected chi connectivity index (χ4v) is 4.86. The summed E-state index contributed by atoms with van der Waals surface area (Å²) in [5.41, 5.74) is 5.93. The highest BCUT2D eigenvalue weighted by molar-refractivity contribution is 5.94. The van der Waals surface area contributed by atoms with Gasteiger partial charge in [0.2, 0.25) is 5.95 Å². The molecule has 1 aliphatic heterocycles. The molecule has 1 fully saturated rings. The predicted octanol–water partition coefficient (Wildman–Crippen LogP) is 5.38. The normalized spacial score (nSPS) is 14.1. The fourth-order valence-electron chi connectivity index (χ4n) is 4.86. The molecule has 0 aliphatic carbocycles. The highest BCUT2D eigenvalue weighted by Gasteiger charge is 2.28. The predicted molar refractivity (Wildman–Crippen MR) is 143 cm³/mol. The van der Waals surface area contributed by atoms with Crippen LogP contribution in [0.25, 0.3) is 0 Å². The molecule has 0 atom stereocenters. The van der Waals surface area contributed by atoms with Crippen molar-refractivity contribution in [3.63, 3.8) is 0 Å². The van der Waals surface area contributed by atoms with Gasteiger partial charge >= 0.3 is 0 Å². The number of amides is 1. The number of hydrogen-bond acceptors (Lipinski definition) is 5. The van der Waals surface area contributed by atoms with Crippen molar-refractivity contribution in [1.29, 1.82) is 0 Å². The van der Waals surface area contributed by atoms with Gasteiger partial charge in [-0.1, -0.05) is 60.7 Å². The zero-order chi connectivity index (χ0) is 24.9. The summed E-state index contributed by atoms with van der Waals surface area (Å²) in [5.74, 6) is 0.633. The van der Waals surface area contributed by atoms with Gasteiger partial charge in [0.15, 0.2) is 0 Å². The number of aromatic nitrogens is 2. The van der Waals surface area contributed by atoms with Crippen molar-refractivity contribution in [3.05, 3.63) is 119 Å². The number of piperazine rings is 1. The molecule has 36 heavy (non-hydrogen) atoms. The number of nitrogens with zero attached hydrogens (tertiary/aromatic N) is 4. The molecule has 1 saturated heterocycles. The van der Waals surface area contributed by atoms with Gasteiger partial charge < -0.3 is 10.2 Å². The Bertz CT molecular complexity index is 1240. The molecule has 1 amide bonds. The molecule has 0 unspecified atom stereocenters. The lowest BCUT2D eigenvalue weighted by Crippen LogP contribution is -2.49. The molecular formula is C30H31N5O. The minimum atomic E-state index is 0.0693. The van der Waals surface area contributed by atoms with Gasteiger partial charge in [-0.3, -0.25) is 9.69 Å². The molecular weight excluding hydrogens is 446 g/mol. The number of aryl methyl sites for hydroxylation is 2. The van der Waals surface area contributed by atoms with Crippen LogP contribution in [-0.4, -0.2) is 51.9 Å². The van der Waals surface area contributed by atoms with E-state index in [-0.39, 0.29) is 11.9 Å². The zero-order valence-corrected chi connectivity index (χ0v) is 20.8. The van der Waals surface area contributed by atoms with Gasteiger partial charge in [0.25, 0.3) is 5.91 Å². The standard InChI is InChI=1S/C30H31N5O/c1-22-21-23(2)32-30(31-22)33-27-15-13-26(14-16-27)29(36)35-19-17-34(18-20-35)28(24-9-5-3-6-10-24)25-11-7-4-8-12-25/h3-16,21,28H,17-20H2,1-2H3,(H,31,32,33). The number of carbonyl (C=O) groups is 1. The third-order valence-corrected chi connectivity index (χ3v) is 6.57. The van der Waals surface area contributed by atoms with Crippen LogP contribution in [-0.2, 0) is 0 Å².